The number of nitrogens with one attached hydrogen (secondary N) is 1. The van der Waals surface area contributed by atoms with E-state index >= 15 is 0 Å². The Balaban J connectivity index is 1.41. The van der Waals surface area contributed by atoms with Gasteiger partial charge in [0.1, 0.15) is 0 Å². The predicted molar refractivity (Wildman–Crippen MR) is 105 cm³/mol. The molecule has 7 heteroatoms. The zero-order chi connectivity index (χ0) is 19.2. The third kappa shape index (κ3) is 4.54. The highest BCUT2D eigenvalue weighted by Gasteiger charge is 2.15. The van der Waals surface area contributed by atoms with E-state index in [1.165, 1.54) is 25.7 Å². The molecule has 3 aromatic rings. The molecule has 1 aliphatic carbocycles. The van der Waals surface area contributed by atoms with Crippen molar-refractivity contribution in [1.29, 1.82) is 0 Å². The van der Waals surface area contributed by atoms with Gasteiger partial charge >= 0.3 is 6.09 Å². The van der Waals surface area contributed by atoms with Crippen LogP contribution in [-0.4, -0.2) is 27.9 Å². The quantitative estimate of drug-likeness (QED) is 0.677. The Morgan fingerprint density at radius 2 is 1.96 bits per heavy atom. The molecule has 144 valence electrons. The Bertz CT molecular complexity index is 921. The van der Waals surface area contributed by atoms with Crippen LogP contribution in [0.25, 0.3) is 22.6 Å². The lowest BCUT2D eigenvalue weighted by Crippen LogP contribution is -2.20. The molecule has 1 aliphatic rings. The monoisotopic (exact) mass is 378 g/mol. The fourth-order valence-corrected chi connectivity index (χ4v) is 3.49. The smallest absolute Gasteiger partial charge is 0.411 e. The molecule has 2 aromatic heterocycles. The van der Waals surface area contributed by atoms with Crippen molar-refractivity contribution in [2.75, 3.05) is 11.9 Å². The number of pyridine rings is 1. The summed E-state index contributed by atoms with van der Waals surface area (Å²) >= 11 is 0. The van der Waals surface area contributed by atoms with Crippen molar-refractivity contribution in [2.24, 2.45) is 5.92 Å². The molecule has 0 radical (unpaired) electrons. The highest BCUT2D eigenvalue weighted by molar-refractivity contribution is 5.86. The molecule has 0 saturated heterocycles. The van der Waals surface area contributed by atoms with Crippen LogP contribution in [0.4, 0.5) is 10.5 Å². The summed E-state index contributed by atoms with van der Waals surface area (Å²) in [6.45, 7) is 0.488. The van der Waals surface area contributed by atoms with Gasteiger partial charge in [-0.25, -0.2) is 4.79 Å². The number of hydrogen-bond donors (Lipinski definition) is 1. The number of hydrogen-bond acceptors (Lipinski definition) is 6. The first kappa shape index (κ1) is 18.2. The zero-order valence-electron chi connectivity index (χ0n) is 15.5. The zero-order valence-corrected chi connectivity index (χ0v) is 15.5. The van der Waals surface area contributed by atoms with Crippen molar-refractivity contribution >= 4 is 11.8 Å². The van der Waals surface area contributed by atoms with Crippen molar-refractivity contribution in [3.8, 4) is 22.6 Å². The van der Waals surface area contributed by atoms with E-state index < -0.39 is 6.09 Å². The maximum atomic E-state index is 12.1. The van der Waals surface area contributed by atoms with Crippen molar-refractivity contribution in [2.45, 2.75) is 32.1 Å². The van der Waals surface area contributed by atoms with Gasteiger partial charge in [-0.3, -0.25) is 10.3 Å². The van der Waals surface area contributed by atoms with Crippen LogP contribution in [0.5, 0.6) is 0 Å². The van der Waals surface area contributed by atoms with E-state index in [2.05, 4.69) is 20.5 Å². The van der Waals surface area contributed by atoms with E-state index in [-0.39, 0.29) is 0 Å². The summed E-state index contributed by atoms with van der Waals surface area (Å²) in [5.74, 6) is 0.902. The van der Waals surface area contributed by atoms with Gasteiger partial charge in [0.15, 0.2) is 0 Å². The minimum atomic E-state index is -0.416. The molecule has 7 nitrogen and oxygen atoms in total. The Hall–Kier alpha value is -3.22. The Kier molecular flexibility index (Phi) is 5.61. The van der Waals surface area contributed by atoms with Crippen LogP contribution < -0.4 is 5.32 Å². The molecule has 28 heavy (non-hydrogen) atoms. The number of benzene rings is 1. The third-order valence-electron chi connectivity index (χ3n) is 4.96. The molecule has 1 fully saturated rings. The first-order chi connectivity index (χ1) is 13.8. The molecule has 1 N–H and O–H groups in total. The van der Waals surface area contributed by atoms with Gasteiger partial charge in [-0.2, -0.15) is 0 Å². The normalized spacial score (nSPS) is 14.6. The van der Waals surface area contributed by atoms with Gasteiger partial charge in [0.25, 0.3) is 0 Å². The molecule has 2 heterocycles. The fraction of sp³-hybridized carbons (Fsp3) is 0.333. The van der Waals surface area contributed by atoms with Crippen LogP contribution in [0.1, 0.15) is 32.1 Å². The van der Waals surface area contributed by atoms with Gasteiger partial charge in [-0.1, -0.05) is 31.4 Å². The van der Waals surface area contributed by atoms with E-state index in [1.807, 2.05) is 30.3 Å². The number of carbonyl (C=O) groups excluding carboxylic acids is 1. The van der Waals surface area contributed by atoms with Gasteiger partial charge in [-0.15, -0.1) is 10.2 Å². The SMILES string of the molecule is O=C(Nc1cccc(-c2cncc(-c3nnco3)c2)c1)OCC1CCCCC1. The summed E-state index contributed by atoms with van der Waals surface area (Å²) in [6, 6.07) is 9.47. The second-order valence-corrected chi connectivity index (χ2v) is 7.01. The van der Waals surface area contributed by atoms with Gasteiger partial charge in [0, 0.05) is 23.6 Å². The number of amides is 1. The number of carbonyl (C=O) groups is 1. The molecule has 0 aliphatic heterocycles. The molecule has 0 spiro atoms. The number of rotatable bonds is 5. The molecule has 0 unspecified atom stereocenters. The van der Waals surface area contributed by atoms with Crippen LogP contribution in [-0.2, 0) is 4.74 Å². The van der Waals surface area contributed by atoms with E-state index in [0.29, 0.717) is 24.1 Å². The second kappa shape index (κ2) is 8.65. The van der Waals surface area contributed by atoms with E-state index in [0.717, 1.165) is 29.5 Å². The molecule has 0 bridgehead atoms. The molecular weight excluding hydrogens is 356 g/mol. The van der Waals surface area contributed by atoms with Gasteiger partial charge in [0.2, 0.25) is 12.3 Å². The van der Waals surface area contributed by atoms with Crippen LogP contribution >= 0.6 is 0 Å². The number of anilines is 1. The third-order valence-corrected chi connectivity index (χ3v) is 4.96. The topological polar surface area (TPSA) is 90.1 Å². The maximum Gasteiger partial charge on any atom is 0.411 e. The lowest BCUT2D eigenvalue weighted by molar-refractivity contribution is 0.128. The Labute approximate surface area is 163 Å². The Morgan fingerprint density at radius 3 is 2.79 bits per heavy atom. The van der Waals surface area contributed by atoms with E-state index in [9.17, 15) is 4.79 Å². The van der Waals surface area contributed by atoms with Gasteiger partial charge < -0.3 is 9.15 Å². The molecule has 1 amide bonds. The minimum Gasteiger partial charge on any atom is -0.449 e. The predicted octanol–water partition coefficient (Wildman–Crippen LogP) is 4.93. The van der Waals surface area contributed by atoms with Crippen molar-refractivity contribution < 1.29 is 13.9 Å². The first-order valence-corrected chi connectivity index (χ1v) is 9.54. The molecule has 1 saturated carbocycles. The summed E-state index contributed by atoms with van der Waals surface area (Å²) in [4.78, 5) is 16.4. The van der Waals surface area contributed by atoms with Crippen LogP contribution in [0.2, 0.25) is 0 Å². The number of ether oxygens (including phenoxy) is 1. The minimum absolute atomic E-state index is 0.412. The second-order valence-electron chi connectivity index (χ2n) is 7.01. The average molecular weight is 378 g/mol. The standard InChI is InChI=1S/C21H22N4O3/c26-21(27-13-15-5-2-1-3-6-15)24-19-8-4-7-16(10-19)17-9-18(12-22-11-17)20-25-23-14-28-20/h4,7-12,14-15H,1-3,5-6,13H2,(H,24,26). The summed E-state index contributed by atoms with van der Waals surface area (Å²) in [5.41, 5.74) is 3.21. The molecule has 0 atom stereocenters. The highest BCUT2D eigenvalue weighted by atomic mass is 16.5. The van der Waals surface area contributed by atoms with Gasteiger partial charge in [-0.05, 0) is 42.5 Å². The molecule has 1 aromatic carbocycles. The van der Waals surface area contributed by atoms with Crippen molar-refractivity contribution in [1.82, 2.24) is 15.2 Å². The highest BCUT2D eigenvalue weighted by Crippen LogP contribution is 2.26. The van der Waals surface area contributed by atoms with Crippen LogP contribution in [0.3, 0.4) is 0 Å². The molecule has 4 rings (SSSR count). The van der Waals surface area contributed by atoms with Crippen molar-refractivity contribution in [3.63, 3.8) is 0 Å². The van der Waals surface area contributed by atoms with E-state index in [1.54, 1.807) is 12.4 Å². The maximum absolute atomic E-state index is 12.1. The summed E-state index contributed by atoms with van der Waals surface area (Å²) in [6.07, 6.45) is 10.3. The van der Waals surface area contributed by atoms with Gasteiger partial charge in [0.05, 0.1) is 12.2 Å². The Morgan fingerprint density at radius 1 is 1.11 bits per heavy atom. The average Bonchev–Trinajstić information content (AvgIpc) is 3.28. The van der Waals surface area contributed by atoms with E-state index in [4.69, 9.17) is 9.15 Å². The molecular formula is C21H22N4O3. The lowest BCUT2D eigenvalue weighted by Gasteiger charge is -2.21. The summed E-state index contributed by atoms with van der Waals surface area (Å²) < 4.78 is 10.6. The summed E-state index contributed by atoms with van der Waals surface area (Å²) in [7, 11) is 0. The van der Waals surface area contributed by atoms with Crippen LogP contribution in [0, 0.1) is 5.92 Å². The number of aromatic nitrogens is 3. The largest absolute Gasteiger partial charge is 0.449 e. The fourth-order valence-electron chi connectivity index (χ4n) is 3.49. The van der Waals surface area contributed by atoms with Crippen molar-refractivity contribution in [3.05, 3.63) is 49.1 Å². The lowest BCUT2D eigenvalue weighted by atomic mass is 9.90. The number of nitrogens with zero attached hydrogens (tertiary/aromatic N) is 3. The van der Waals surface area contributed by atoms with Crippen LogP contribution in [0.15, 0.2) is 53.5 Å². The summed E-state index contributed by atoms with van der Waals surface area (Å²) in [5, 5.41) is 10.4. The first-order valence-electron chi connectivity index (χ1n) is 9.54.